The molecule has 0 radical (unpaired) electrons. The summed E-state index contributed by atoms with van der Waals surface area (Å²) in [4.78, 5) is 24.2. The smallest absolute Gasteiger partial charge is 0.322 e. The number of hydrogen-bond acceptors (Lipinski definition) is 3. The predicted molar refractivity (Wildman–Crippen MR) is 72.6 cm³/mol. The first kappa shape index (κ1) is 15.3. The van der Waals surface area contributed by atoms with Gasteiger partial charge in [-0.3, -0.25) is 19.5 Å². The molecule has 0 bridgehead atoms. The van der Waals surface area contributed by atoms with E-state index in [4.69, 9.17) is 5.11 Å². The fraction of sp³-hybridized carbons (Fsp3) is 0.667. The molecule has 7 heteroatoms. The molecule has 0 aliphatic carbocycles. The Balaban J connectivity index is 2.59. The SMILES string of the molecule is CCCCn1[nH]c(N(C)C(=O)NCCCO)c1C=O. The van der Waals surface area contributed by atoms with Crippen LogP contribution in [-0.2, 0) is 6.54 Å². The number of nitrogens with one attached hydrogen (secondary N) is 2. The van der Waals surface area contributed by atoms with E-state index in [1.807, 2.05) is 0 Å². The summed E-state index contributed by atoms with van der Waals surface area (Å²) in [5.41, 5.74) is 0.494. The molecule has 1 aromatic heterocycles. The van der Waals surface area contributed by atoms with Gasteiger partial charge < -0.3 is 10.4 Å². The number of aliphatic hydroxyl groups excluding tert-OH is 1. The average Bonchev–Trinajstić information content (AvgIpc) is 2.38. The zero-order valence-electron chi connectivity index (χ0n) is 11.5. The molecule has 2 amide bonds. The summed E-state index contributed by atoms with van der Waals surface area (Å²) in [6, 6.07) is -0.301. The molecule has 0 atom stereocenters. The van der Waals surface area contributed by atoms with Crippen molar-refractivity contribution in [1.82, 2.24) is 15.1 Å². The first-order valence-electron chi connectivity index (χ1n) is 6.51. The number of rotatable bonds is 8. The molecule has 3 N–H and O–H groups in total. The third-order valence-electron chi connectivity index (χ3n) is 2.87. The van der Waals surface area contributed by atoms with Crippen molar-refractivity contribution in [2.75, 3.05) is 25.1 Å². The van der Waals surface area contributed by atoms with Gasteiger partial charge in [0.05, 0.1) is 0 Å². The minimum atomic E-state index is -0.301. The Labute approximate surface area is 112 Å². The van der Waals surface area contributed by atoms with E-state index >= 15 is 0 Å². The van der Waals surface area contributed by atoms with Crippen molar-refractivity contribution in [3.05, 3.63) is 5.69 Å². The number of amides is 2. The van der Waals surface area contributed by atoms with Crippen molar-refractivity contribution in [2.24, 2.45) is 0 Å². The van der Waals surface area contributed by atoms with Crippen LogP contribution < -0.4 is 10.2 Å². The lowest BCUT2D eigenvalue weighted by atomic mass is 10.3. The highest BCUT2D eigenvalue weighted by atomic mass is 16.3. The molecule has 0 aliphatic heterocycles. The fourth-order valence-electron chi connectivity index (χ4n) is 1.67. The van der Waals surface area contributed by atoms with Gasteiger partial charge in [-0.1, -0.05) is 13.3 Å². The number of H-pyrrole nitrogens is 1. The maximum absolute atomic E-state index is 11.8. The number of anilines is 1. The molecular formula is C12H22N4O3. The summed E-state index contributed by atoms with van der Waals surface area (Å²) < 4.78 is 1.74. The van der Waals surface area contributed by atoms with E-state index < -0.39 is 0 Å². The summed E-state index contributed by atoms with van der Waals surface area (Å²) in [6.45, 7) is 3.26. The number of aromatic nitrogens is 2. The number of aliphatic hydroxyl groups is 1. The number of carbonyl (C=O) groups is 2. The maximum atomic E-state index is 11.8. The van der Waals surface area contributed by atoms with E-state index in [9.17, 15) is 9.59 Å². The molecule has 7 nitrogen and oxygen atoms in total. The molecule has 0 fully saturated rings. The van der Waals surface area contributed by atoms with Crippen molar-refractivity contribution in [3.8, 4) is 0 Å². The van der Waals surface area contributed by atoms with E-state index in [1.165, 1.54) is 4.90 Å². The number of nitrogens with zero attached hydrogens (tertiary/aromatic N) is 2. The topological polar surface area (TPSA) is 90.4 Å². The summed E-state index contributed by atoms with van der Waals surface area (Å²) in [7, 11) is 1.59. The molecular weight excluding hydrogens is 248 g/mol. The van der Waals surface area contributed by atoms with Crippen molar-refractivity contribution < 1.29 is 14.7 Å². The molecule has 1 rings (SSSR count). The first-order valence-corrected chi connectivity index (χ1v) is 6.51. The van der Waals surface area contributed by atoms with Gasteiger partial charge in [-0.05, 0) is 12.8 Å². The van der Waals surface area contributed by atoms with E-state index in [1.54, 1.807) is 11.7 Å². The number of carbonyl (C=O) groups excluding carboxylic acids is 2. The number of aryl methyl sites for hydroxylation is 1. The van der Waals surface area contributed by atoms with E-state index in [0.717, 1.165) is 25.7 Å². The van der Waals surface area contributed by atoms with Crippen LogP contribution in [0.3, 0.4) is 0 Å². The largest absolute Gasteiger partial charge is 0.396 e. The molecule has 108 valence electrons. The van der Waals surface area contributed by atoms with E-state index in [-0.39, 0.29) is 12.6 Å². The third-order valence-corrected chi connectivity index (χ3v) is 2.87. The van der Waals surface area contributed by atoms with Crippen LogP contribution in [0, 0.1) is 0 Å². The lowest BCUT2D eigenvalue weighted by Crippen LogP contribution is -2.41. The highest BCUT2D eigenvalue weighted by molar-refractivity contribution is 5.95. The molecule has 1 aromatic rings. The first-order chi connectivity index (χ1) is 9.15. The van der Waals surface area contributed by atoms with Crippen LogP contribution in [-0.4, -0.2) is 47.4 Å². The lowest BCUT2D eigenvalue weighted by Gasteiger charge is -2.26. The van der Waals surface area contributed by atoms with Crippen LogP contribution in [0.1, 0.15) is 36.7 Å². The number of aldehydes is 1. The lowest BCUT2D eigenvalue weighted by molar-refractivity contribution is 0.110. The van der Waals surface area contributed by atoms with Gasteiger partial charge in [-0.25, -0.2) is 4.79 Å². The third kappa shape index (κ3) is 3.85. The zero-order valence-corrected chi connectivity index (χ0v) is 11.5. The van der Waals surface area contributed by atoms with Crippen LogP contribution >= 0.6 is 0 Å². The molecule has 0 saturated carbocycles. The van der Waals surface area contributed by atoms with Gasteiger partial charge in [-0.2, -0.15) is 0 Å². The second-order valence-corrected chi connectivity index (χ2v) is 4.34. The maximum Gasteiger partial charge on any atom is 0.322 e. The standard InChI is InChI=1S/C12H22N4O3/c1-3-4-7-16-10(9-18)11(14-16)15(2)12(19)13-6-5-8-17/h9,14,17H,3-8H2,1-2H3,(H,13,19). The van der Waals surface area contributed by atoms with Gasteiger partial charge >= 0.3 is 6.03 Å². The second kappa shape index (κ2) is 7.63. The van der Waals surface area contributed by atoms with Crippen molar-refractivity contribution >= 4 is 18.1 Å². The highest BCUT2D eigenvalue weighted by Crippen LogP contribution is 2.18. The number of unbranched alkanes of at least 4 members (excludes halogenated alkanes) is 1. The number of hydrogen-bond donors (Lipinski definition) is 3. The Morgan fingerprint density at radius 3 is 2.84 bits per heavy atom. The summed E-state index contributed by atoms with van der Waals surface area (Å²) in [6.07, 6.45) is 3.27. The Bertz CT molecular complexity index is 411. The zero-order chi connectivity index (χ0) is 14.3. The monoisotopic (exact) mass is 270 g/mol. The quantitative estimate of drug-likeness (QED) is 0.485. The Morgan fingerprint density at radius 1 is 1.53 bits per heavy atom. The number of aromatic amines is 1. The van der Waals surface area contributed by atoms with Gasteiger partial charge in [-0.15, -0.1) is 0 Å². The van der Waals surface area contributed by atoms with Gasteiger partial charge in [0.15, 0.2) is 12.1 Å². The van der Waals surface area contributed by atoms with Crippen molar-refractivity contribution in [2.45, 2.75) is 32.7 Å². The van der Waals surface area contributed by atoms with Gasteiger partial charge in [0.1, 0.15) is 5.69 Å². The molecule has 0 spiro atoms. The van der Waals surface area contributed by atoms with Crippen molar-refractivity contribution in [3.63, 3.8) is 0 Å². The van der Waals surface area contributed by atoms with E-state index in [2.05, 4.69) is 17.3 Å². The van der Waals surface area contributed by atoms with Crippen LogP contribution in [0.15, 0.2) is 0 Å². The van der Waals surface area contributed by atoms with Gasteiger partial charge in [0.25, 0.3) is 0 Å². The van der Waals surface area contributed by atoms with Crippen LogP contribution in [0.4, 0.5) is 10.6 Å². The van der Waals surface area contributed by atoms with Crippen LogP contribution in [0.25, 0.3) is 0 Å². The van der Waals surface area contributed by atoms with Crippen LogP contribution in [0.5, 0.6) is 0 Å². The molecule has 1 heterocycles. The highest BCUT2D eigenvalue weighted by Gasteiger charge is 2.21. The normalized spacial score (nSPS) is 10.5. The average molecular weight is 270 g/mol. The minimum absolute atomic E-state index is 0.0370. The Morgan fingerprint density at radius 2 is 2.26 bits per heavy atom. The Kier molecular flexibility index (Phi) is 6.14. The second-order valence-electron chi connectivity index (χ2n) is 4.34. The number of urea groups is 1. The summed E-state index contributed by atoms with van der Waals surface area (Å²) >= 11 is 0. The minimum Gasteiger partial charge on any atom is -0.396 e. The molecule has 0 aromatic carbocycles. The van der Waals surface area contributed by atoms with Gasteiger partial charge in [0.2, 0.25) is 0 Å². The van der Waals surface area contributed by atoms with Crippen LogP contribution in [0.2, 0.25) is 0 Å². The fourth-order valence-corrected chi connectivity index (χ4v) is 1.67. The predicted octanol–water partition coefficient (Wildman–Crippen LogP) is 0.957. The summed E-state index contributed by atoms with van der Waals surface area (Å²) in [5.74, 6) is 0.507. The summed E-state index contributed by atoms with van der Waals surface area (Å²) in [5, 5.41) is 14.3. The molecule has 0 saturated heterocycles. The molecule has 0 unspecified atom stereocenters. The molecule has 0 aliphatic rings. The van der Waals surface area contributed by atoms with Gasteiger partial charge in [0, 0.05) is 26.7 Å². The molecule has 19 heavy (non-hydrogen) atoms. The van der Waals surface area contributed by atoms with E-state index in [0.29, 0.717) is 24.5 Å². The van der Waals surface area contributed by atoms with Crippen molar-refractivity contribution in [1.29, 1.82) is 0 Å². The Hall–Kier alpha value is -1.76.